The average molecular weight is 214 g/mol. The Balaban J connectivity index is 2.27. The number of nitrogens with zero attached hydrogens (tertiary/aromatic N) is 3. The summed E-state index contributed by atoms with van der Waals surface area (Å²) in [5.74, 6) is 0.798. The maximum Gasteiger partial charge on any atom is 0.148 e. The molecule has 4 nitrogen and oxygen atoms in total. The third kappa shape index (κ3) is 2.34. The molecule has 0 atom stereocenters. The van der Waals surface area contributed by atoms with Crippen LogP contribution in [0.3, 0.4) is 0 Å². The van der Waals surface area contributed by atoms with Crippen molar-refractivity contribution in [3.05, 3.63) is 36.2 Å². The van der Waals surface area contributed by atoms with E-state index in [2.05, 4.69) is 20.5 Å². The molecule has 0 unspecified atom stereocenters. The topological polar surface area (TPSA) is 50.7 Å². The third-order valence-corrected chi connectivity index (χ3v) is 2.19. The molecule has 0 aliphatic carbocycles. The predicted octanol–water partition coefficient (Wildman–Crippen LogP) is 2.28. The van der Waals surface area contributed by atoms with E-state index in [1.807, 2.05) is 38.2 Å². The fourth-order valence-electron chi connectivity index (χ4n) is 1.46. The van der Waals surface area contributed by atoms with Crippen molar-refractivity contribution in [1.29, 1.82) is 0 Å². The standard InChI is InChI=1S/C12H14N4/c1-3-14-12-5-4-11(15-16-12)10-6-9(2)7-13-8-10/h4-8H,3H2,1-2H3,(H,14,16). The summed E-state index contributed by atoms with van der Waals surface area (Å²) in [6.45, 7) is 4.89. The molecule has 1 N–H and O–H groups in total. The van der Waals surface area contributed by atoms with Crippen molar-refractivity contribution in [1.82, 2.24) is 15.2 Å². The van der Waals surface area contributed by atoms with E-state index in [1.165, 1.54) is 0 Å². The number of pyridine rings is 1. The number of nitrogens with one attached hydrogen (secondary N) is 1. The summed E-state index contributed by atoms with van der Waals surface area (Å²) in [7, 11) is 0. The first kappa shape index (κ1) is 10.5. The fraction of sp³-hybridized carbons (Fsp3) is 0.250. The Morgan fingerprint density at radius 2 is 2.06 bits per heavy atom. The SMILES string of the molecule is CCNc1ccc(-c2cncc(C)c2)nn1. The first-order valence-corrected chi connectivity index (χ1v) is 5.29. The molecule has 0 fully saturated rings. The first-order valence-electron chi connectivity index (χ1n) is 5.29. The van der Waals surface area contributed by atoms with Crippen LogP contribution in [0.25, 0.3) is 11.3 Å². The van der Waals surface area contributed by atoms with E-state index in [-0.39, 0.29) is 0 Å². The highest BCUT2D eigenvalue weighted by Gasteiger charge is 2.01. The summed E-state index contributed by atoms with van der Waals surface area (Å²) in [4.78, 5) is 4.14. The van der Waals surface area contributed by atoms with E-state index in [0.29, 0.717) is 0 Å². The highest BCUT2D eigenvalue weighted by Crippen LogP contribution is 2.16. The zero-order valence-electron chi connectivity index (χ0n) is 9.44. The van der Waals surface area contributed by atoms with Crippen LogP contribution < -0.4 is 5.32 Å². The van der Waals surface area contributed by atoms with Crippen LogP contribution in [-0.2, 0) is 0 Å². The monoisotopic (exact) mass is 214 g/mol. The van der Waals surface area contributed by atoms with Gasteiger partial charge in [0.2, 0.25) is 0 Å². The minimum atomic E-state index is 0.798. The van der Waals surface area contributed by atoms with E-state index < -0.39 is 0 Å². The smallest absolute Gasteiger partial charge is 0.148 e. The Morgan fingerprint density at radius 3 is 2.69 bits per heavy atom. The lowest BCUT2D eigenvalue weighted by atomic mass is 10.1. The van der Waals surface area contributed by atoms with Crippen LogP contribution in [0.15, 0.2) is 30.6 Å². The molecule has 2 rings (SSSR count). The van der Waals surface area contributed by atoms with Gasteiger partial charge in [-0.1, -0.05) is 0 Å². The van der Waals surface area contributed by atoms with Crippen molar-refractivity contribution in [2.45, 2.75) is 13.8 Å². The van der Waals surface area contributed by atoms with Crippen LogP contribution in [0.5, 0.6) is 0 Å². The molecule has 0 bridgehead atoms. The van der Waals surface area contributed by atoms with Gasteiger partial charge in [-0.3, -0.25) is 4.98 Å². The maximum absolute atomic E-state index is 4.16. The van der Waals surface area contributed by atoms with Crippen LogP contribution in [0.2, 0.25) is 0 Å². The second kappa shape index (κ2) is 4.70. The Kier molecular flexibility index (Phi) is 3.10. The molecule has 0 radical (unpaired) electrons. The number of hydrogen-bond acceptors (Lipinski definition) is 4. The van der Waals surface area contributed by atoms with E-state index in [4.69, 9.17) is 0 Å². The van der Waals surface area contributed by atoms with E-state index in [1.54, 1.807) is 6.20 Å². The molecule has 2 heterocycles. The normalized spacial score (nSPS) is 10.1. The molecule has 2 aromatic rings. The molecule has 4 heteroatoms. The summed E-state index contributed by atoms with van der Waals surface area (Å²) < 4.78 is 0. The van der Waals surface area contributed by atoms with Gasteiger partial charge in [0.1, 0.15) is 5.82 Å². The lowest BCUT2D eigenvalue weighted by molar-refractivity contribution is 1.02. The summed E-state index contributed by atoms with van der Waals surface area (Å²) >= 11 is 0. The van der Waals surface area contributed by atoms with Crippen LogP contribution >= 0.6 is 0 Å². The van der Waals surface area contributed by atoms with Gasteiger partial charge in [-0.2, -0.15) is 0 Å². The lowest BCUT2D eigenvalue weighted by Gasteiger charge is -2.03. The Hall–Kier alpha value is -1.97. The molecule has 16 heavy (non-hydrogen) atoms. The Labute approximate surface area is 94.8 Å². The molecule has 0 aliphatic heterocycles. The average Bonchev–Trinajstić information content (AvgIpc) is 2.30. The van der Waals surface area contributed by atoms with Gasteiger partial charge in [0, 0.05) is 24.5 Å². The van der Waals surface area contributed by atoms with Gasteiger partial charge in [-0.25, -0.2) is 0 Å². The summed E-state index contributed by atoms with van der Waals surface area (Å²) in [6, 6.07) is 5.92. The molecular formula is C12H14N4. The quantitative estimate of drug-likeness (QED) is 0.851. The minimum Gasteiger partial charge on any atom is -0.369 e. The molecule has 0 amide bonds. The van der Waals surface area contributed by atoms with Crippen molar-refractivity contribution in [3.63, 3.8) is 0 Å². The maximum atomic E-state index is 4.16. The summed E-state index contributed by atoms with van der Waals surface area (Å²) in [5.41, 5.74) is 2.96. The second-order valence-electron chi connectivity index (χ2n) is 3.59. The second-order valence-corrected chi connectivity index (χ2v) is 3.59. The van der Waals surface area contributed by atoms with Gasteiger partial charge in [-0.15, -0.1) is 10.2 Å². The molecule has 0 aromatic carbocycles. The zero-order valence-corrected chi connectivity index (χ0v) is 9.44. The minimum absolute atomic E-state index is 0.798. The number of rotatable bonds is 3. The van der Waals surface area contributed by atoms with Crippen LogP contribution in [0, 0.1) is 6.92 Å². The van der Waals surface area contributed by atoms with Gasteiger partial charge >= 0.3 is 0 Å². The van der Waals surface area contributed by atoms with Gasteiger partial charge in [0.25, 0.3) is 0 Å². The van der Waals surface area contributed by atoms with E-state index in [0.717, 1.165) is 29.2 Å². The van der Waals surface area contributed by atoms with Crippen molar-refractivity contribution in [2.24, 2.45) is 0 Å². The molecule has 0 spiro atoms. The van der Waals surface area contributed by atoms with Gasteiger partial charge in [0.05, 0.1) is 5.69 Å². The van der Waals surface area contributed by atoms with Gasteiger partial charge in [-0.05, 0) is 37.6 Å². The van der Waals surface area contributed by atoms with Crippen molar-refractivity contribution >= 4 is 5.82 Å². The van der Waals surface area contributed by atoms with Gasteiger partial charge < -0.3 is 5.32 Å². The Bertz CT molecular complexity index is 465. The molecule has 0 saturated carbocycles. The number of hydrogen-bond donors (Lipinski definition) is 1. The van der Waals surface area contributed by atoms with Crippen LogP contribution in [0.1, 0.15) is 12.5 Å². The lowest BCUT2D eigenvalue weighted by Crippen LogP contribution is -2.00. The third-order valence-electron chi connectivity index (χ3n) is 2.19. The highest BCUT2D eigenvalue weighted by molar-refractivity contribution is 5.59. The molecule has 0 aliphatic rings. The zero-order chi connectivity index (χ0) is 11.4. The molecular weight excluding hydrogens is 200 g/mol. The summed E-state index contributed by atoms with van der Waals surface area (Å²) in [5, 5.41) is 11.4. The van der Waals surface area contributed by atoms with E-state index in [9.17, 15) is 0 Å². The number of aromatic nitrogens is 3. The Morgan fingerprint density at radius 1 is 1.19 bits per heavy atom. The molecule has 82 valence electrons. The first-order chi connectivity index (χ1) is 7.79. The largest absolute Gasteiger partial charge is 0.369 e. The highest BCUT2D eigenvalue weighted by atomic mass is 15.2. The van der Waals surface area contributed by atoms with Crippen molar-refractivity contribution < 1.29 is 0 Å². The van der Waals surface area contributed by atoms with Crippen molar-refractivity contribution in [3.8, 4) is 11.3 Å². The van der Waals surface area contributed by atoms with Crippen LogP contribution in [-0.4, -0.2) is 21.7 Å². The summed E-state index contributed by atoms with van der Waals surface area (Å²) in [6.07, 6.45) is 3.62. The fourth-order valence-corrected chi connectivity index (χ4v) is 1.46. The van der Waals surface area contributed by atoms with Crippen LogP contribution in [0.4, 0.5) is 5.82 Å². The van der Waals surface area contributed by atoms with Crippen molar-refractivity contribution in [2.75, 3.05) is 11.9 Å². The number of anilines is 1. The molecule has 2 aromatic heterocycles. The number of aryl methyl sites for hydroxylation is 1. The van der Waals surface area contributed by atoms with E-state index >= 15 is 0 Å². The van der Waals surface area contributed by atoms with Gasteiger partial charge in [0.15, 0.2) is 0 Å². The predicted molar refractivity (Wildman–Crippen MR) is 64.2 cm³/mol. The molecule has 0 saturated heterocycles.